The third-order valence-electron chi connectivity index (χ3n) is 2.75. The van der Waals surface area contributed by atoms with Crippen molar-refractivity contribution in [2.24, 2.45) is 0 Å². The number of anilines is 1. The summed E-state index contributed by atoms with van der Waals surface area (Å²) >= 11 is 0. The zero-order chi connectivity index (χ0) is 13.7. The van der Waals surface area contributed by atoms with E-state index in [1.54, 1.807) is 18.5 Å². The monoisotopic (exact) mass is 257 g/mol. The summed E-state index contributed by atoms with van der Waals surface area (Å²) < 4.78 is 0. The second kappa shape index (κ2) is 5.95. The number of carbonyl (C=O) groups is 1. The number of nitrogens with one attached hydrogen (secondary N) is 1. The lowest BCUT2D eigenvalue weighted by Gasteiger charge is -2.10. The molecule has 2 rings (SSSR count). The number of hydrogen-bond acceptors (Lipinski definition) is 4. The number of rotatable bonds is 5. The van der Waals surface area contributed by atoms with Crippen LogP contribution in [0.5, 0.6) is 0 Å². The molecule has 0 aliphatic rings. The molecule has 0 radical (unpaired) electrons. The van der Waals surface area contributed by atoms with Gasteiger partial charge in [-0.25, -0.2) is 4.79 Å². The maximum atomic E-state index is 11.1. The van der Waals surface area contributed by atoms with Gasteiger partial charge < -0.3 is 10.4 Å². The molecule has 5 heteroatoms. The Balaban J connectivity index is 2.03. The van der Waals surface area contributed by atoms with E-state index >= 15 is 0 Å². The maximum absolute atomic E-state index is 11.1. The van der Waals surface area contributed by atoms with Crippen molar-refractivity contribution in [1.29, 1.82) is 0 Å². The van der Waals surface area contributed by atoms with Gasteiger partial charge in [0.05, 0.1) is 5.69 Å². The number of pyridine rings is 2. The fourth-order valence-electron chi connectivity index (χ4n) is 1.77. The third kappa shape index (κ3) is 3.51. The molecule has 0 fully saturated rings. The Morgan fingerprint density at radius 1 is 1.37 bits per heavy atom. The average Bonchev–Trinajstić information content (AvgIpc) is 2.39. The molecule has 0 aliphatic heterocycles. The molecule has 98 valence electrons. The summed E-state index contributed by atoms with van der Waals surface area (Å²) in [5.41, 5.74) is 2.75. The molecule has 0 bridgehead atoms. The molecule has 0 saturated carbocycles. The van der Waals surface area contributed by atoms with Crippen LogP contribution >= 0.6 is 0 Å². The Hall–Kier alpha value is -2.43. The van der Waals surface area contributed by atoms with Crippen LogP contribution in [0.15, 0.2) is 36.8 Å². The van der Waals surface area contributed by atoms with Gasteiger partial charge in [0.2, 0.25) is 0 Å². The summed E-state index contributed by atoms with van der Waals surface area (Å²) in [5.74, 6) is -0.973. The van der Waals surface area contributed by atoms with Gasteiger partial charge in [-0.2, -0.15) is 0 Å². The predicted molar refractivity (Wildman–Crippen MR) is 72.4 cm³/mol. The van der Waals surface area contributed by atoms with Crippen molar-refractivity contribution < 1.29 is 9.90 Å². The van der Waals surface area contributed by atoms with Gasteiger partial charge in [0, 0.05) is 30.8 Å². The first-order valence-electron chi connectivity index (χ1n) is 5.99. The first-order chi connectivity index (χ1) is 9.16. The number of carboxylic acid groups (broad SMARTS) is 1. The van der Waals surface area contributed by atoms with Crippen molar-refractivity contribution in [3.05, 3.63) is 53.6 Å². The van der Waals surface area contributed by atoms with Crippen LogP contribution < -0.4 is 5.32 Å². The van der Waals surface area contributed by atoms with Gasteiger partial charge in [-0.1, -0.05) is 0 Å². The highest BCUT2D eigenvalue weighted by Crippen LogP contribution is 2.15. The zero-order valence-corrected chi connectivity index (χ0v) is 10.6. The van der Waals surface area contributed by atoms with Crippen LogP contribution in [0.1, 0.15) is 21.6 Å². The van der Waals surface area contributed by atoms with E-state index < -0.39 is 5.97 Å². The summed E-state index contributed by atoms with van der Waals surface area (Å²) in [6.45, 7) is 2.49. The molecule has 0 aromatic carbocycles. The van der Waals surface area contributed by atoms with E-state index in [4.69, 9.17) is 5.11 Å². The molecular weight excluding hydrogens is 242 g/mol. The minimum atomic E-state index is -0.973. The lowest BCUT2D eigenvalue weighted by Crippen LogP contribution is -2.10. The van der Waals surface area contributed by atoms with Crippen molar-refractivity contribution in [2.75, 3.05) is 11.9 Å². The van der Waals surface area contributed by atoms with Gasteiger partial charge in [0.25, 0.3) is 0 Å². The molecule has 2 N–H and O–H groups in total. The molecule has 5 nitrogen and oxygen atoms in total. The Morgan fingerprint density at radius 3 is 2.79 bits per heavy atom. The first kappa shape index (κ1) is 13.0. The zero-order valence-electron chi connectivity index (χ0n) is 10.6. The second-order valence-electron chi connectivity index (χ2n) is 4.21. The highest BCUT2D eigenvalue weighted by atomic mass is 16.4. The second-order valence-corrected chi connectivity index (χ2v) is 4.21. The summed E-state index contributed by atoms with van der Waals surface area (Å²) in [6.07, 6.45) is 5.68. The van der Waals surface area contributed by atoms with Crippen molar-refractivity contribution in [1.82, 2.24) is 9.97 Å². The summed E-state index contributed by atoms with van der Waals surface area (Å²) in [6, 6.07) is 5.63. The smallest absolute Gasteiger partial charge is 0.339 e. The normalized spacial score (nSPS) is 10.2. The number of aryl methyl sites for hydroxylation is 1. The van der Waals surface area contributed by atoms with Crippen LogP contribution in [0.4, 0.5) is 5.69 Å². The summed E-state index contributed by atoms with van der Waals surface area (Å²) in [4.78, 5) is 19.0. The molecule has 0 spiro atoms. The van der Waals surface area contributed by atoms with Crippen molar-refractivity contribution >= 4 is 11.7 Å². The molecule has 0 amide bonds. The van der Waals surface area contributed by atoms with E-state index in [1.165, 1.54) is 6.20 Å². The van der Waals surface area contributed by atoms with Crippen LogP contribution in [0.2, 0.25) is 0 Å². The largest absolute Gasteiger partial charge is 0.478 e. The maximum Gasteiger partial charge on any atom is 0.339 e. The van der Waals surface area contributed by atoms with Gasteiger partial charge in [0.1, 0.15) is 5.56 Å². The molecule has 0 aliphatic carbocycles. The van der Waals surface area contributed by atoms with Crippen LogP contribution in [-0.4, -0.2) is 27.6 Å². The van der Waals surface area contributed by atoms with Gasteiger partial charge in [-0.3, -0.25) is 9.97 Å². The van der Waals surface area contributed by atoms with E-state index in [0.717, 1.165) is 17.7 Å². The number of aromatic nitrogens is 2. The van der Waals surface area contributed by atoms with Gasteiger partial charge in [0.15, 0.2) is 0 Å². The molecule has 2 heterocycles. The molecular formula is C14H15N3O2. The lowest BCUT2D eigenvalue weighted by atomic mass is 10.1. The number of carboxylic acids is 1. The number of nitrogens with zero attached hydrogens (tertiary/aromatic N) is 2. The molecule has 0 saturated heterocycles. The highest BCUT2D eigenvalue weighted by molar-refractivity contribution is 5.93. The Morgan fingerprint density at radius 2 is 2.11 bits per heavy atom. The van der Waals surface area contributed by atoms with Gasteiger partial charge in [-0.15, -0.1) is 0 Å². The third-order valence-corrected chi connectivity index (χ3v) is 2.75. The van der Waals surface area contributed by atoms with Crippen molar-refractivity contribution in [3.63, 3.8) is 0 Å². The van der Waals surface area contributed by atoms with Crippen LogP contribution in [0.25, 0.3) is 0 Å². The molecule has 2 aromatic heterocycles. The number of hydrogen-bond donors (Lipinski definition) is 2. The Kier molecular flexibility index (Phi) is 4.07. The van der Waals surface area contributed by atoms with E-state index in [2.05, 4.69) is 15.3 Å². The van der Waals surface area contributed by atoms with Gasteiger partial charge in [-0.05, 0) is 37.1 Å². The minimum absolute atomic E-state index is 0.195. The summed E-state index contributed by atoms with van der Waals surface area (Å²) in [7, 11) is 0. The van der Waals surface area contributed by atoms with E-state index in [1.807, 2.05) is 19.1 Å². The molecule has 0 unspecified atom stereocenters. The standard InChI is InChI=1S/C14H15N3O2/c1-10-8-13(12(9-17-10)14(18)19)16-7-4-11-2-5-15-6-3-11/h2-3,5-6,8-9H,4,7H2,1H3,(H,16,17)(H,18,19). The molecule has 0 atom stereocenters. The summed E-state index contributed by atoms with van der Waals surface area (Å²) in [5, 5.41) is 12.2. The lowest BCUT2D eigenvalue weighted by molar-refractivity contribution is 0.0697. The average molecular weight is 257 g/mol. The Labute approximate surface area is 111 Å². The van der Waals surface area contributed by atoms with E-state index in [0.29, 0.717) is 12.2 Å². The molecule has 2 aromatic rings. The van der Waals surface area contributed by atoms with Gasteiger partial charge >= 0.3 is 5.97 Å². The topological polar surface area (TPSA) is 75.1 Å². The highest BCUT2D eigenvalue weighted by Gasteiger charge is 2.10. The Bertz CT molecular complexity index is 570. The fraction of sp³-hybridized carbons (Fsp3) is 0.214. The van der Waals surface area contributed by atoms with Crippen LogP contribution in [-0.2, 0) is 6.42 Å². The van der Waals surface area contributed by atoms with Crippen molar-refractivity contribution in [2.45, 2.75) is 13.3 Å². The van der Waals surface area contributed by atoms with Crippen LogP contribution in [0, 0.1) is 6.92 Å². The minimum Gasteiger partial charge on any atom is -0.478 e. The van der Waals surface area contributed by atoms with Crippen LogP contribution in [0.3, 0.4) is 0 Å². The number of aromatic carboxylic acids is 1. The SMILES string of the molecule is Cc1cc(NCCc2ccncc2)c(C(=O)O)cn1. The quantitative estimate of drug-likeness (QED) is 0.858. The predicted octanol–water partition coefficient (Wildman–Crippen LogP) is 2.14. The first-order valence-corrected chi connectivity index (χ1v) is 5.99. The van der Waals surface area contributed by atoms with E-state index in [9.17, 15) is 4.79 Å². The van der Waals surface area contributed by atoms with E-state index in [-0.39, 0.29) is 5.56 Å². The van der Waals surface area contributed by atoms with Crippen molar-refractivity contribution in [3.8, 4) is 0 Å². The molecule has 19 heavy (non-hydrogen) atoms. The fourth-order valence-corrected chi connectivity index (χ4v) is 1.77.